The second-order valence-electron chi connectivity index (χ2n) is 6.71. The van der Waals surface area contributed by atoms with Gasteiger partial charge in [0.25, 0.3) is 0 Å². The second kappa shape index (κ2) is 9.07. The fourth-order valence-electron chi connectivity index (χ4n) is 3.64. The van der Waals surface area contributed by atoms with Gasteiger partial charge in [-0.25, -0.2) is 4.39 Å². The summed E-state index contributed by atoms with van der Waals surface area (Å²) in [5.74, 6) is 1.88. The third-order valence-electron chi connectivity index (χ3n) is 5.04. The molecule has 2 aliphatic heterocycles. The van der Waals surface area contributed by atoms with Crippen molar-refractivity contribution >= 4 is 30.1 Å². The van der Waals surface area contributed by atoms with E-state index in [1.807, 2.05) is 6.07 Å². The van der Waals surface area contributed by atoms with E-state index in [0.717, 1.165) is 48.6 Å². The molecule has 2 aliphatic rings. The van der Waals surface area contributed by atoms with Gasteiger partial charge in [-0.2, -0.15) is 0 Å². The van der Waals surface area contributed by atoms with Crippen LogP contribution < -0.4 is 10.6 Å². The van der Waals surface area contributed by atoms with Gasteiger partial charge in [0.1, 0.15) is 5.82 Å². The van der Waals surface area contributed by atoms with Crippen LogP contribution in [0.3, 0.4) is 0 Å². The first-order valence-electron chi connectivity index (χ1n) is 8.56. The molecule has 1 aromatic carbocycles. The molecule has 0 aromatic heterocycles. The number of piperidine rings is 1. The number of benzene rings is 1. The van der Waals surface area contributed by atoms with Gasteiger partial charge < -0.3 is 10.6 Å². The maximum Gasteiger partial charge on any atom is 0.220 e. The highest BCUT2D eigenvalue weighted by Crippen LogP contribution is 2.36. The van der Waals surface area contributed by atoms with Crippen LogP contribution in [0, 0.1) is 17.7 Å². The van der Waals surface area contributed by atoms with E-state index < -0.39 is 0 Å². The van der Waals surface area contributed by atoms with Crippen LogP contribution in [0.5, 0.6) is 0 Å². The van der Waals surface area contributed by atoms with Crippen molar-refractivity contribution < 1.29 is 9.18 Å². The molecule has 3 nitrogen and oxygen atoms in total. The minimum absolute atomic E-state index is 0. The van der Waals surface area contributed by atoms with Crippen molar-refractivity contribution in [1.29, 1.82) is 0 Å². The third kappa shape index (κ3) is 4.87. The molecule has 1 saturated heterocycles. The SMILES string of the molecule is CC(CC(=O)NC1CCSc2ccc(F)cc21)C1CCNCC1.Cl. The van der Waals surface area contributed by atoms with Gasteiger partial charge in [0.05, 0.1) is 6.04 Å². The predicted octanol–water partition coefficient (Wildman–Crippen LogP) is 3.93. The zero-order chi connectivity index (χ0) is 16.2. The zero-order valence-corrected chi connectivity index (χ0v) is 15.6. The number of fused-ring (bicyclic) bond motifs is 1. The van der Waals surface area contributed by atoms with Crippen LogP contribution >= 0.6 is 24.2 Å². The zero-order valence-electron chi connectivity index (χ0n) is 14.0. The minimum Gasteiger partial charge on any atom is -0.349 e. The number of halogens is 2. The number of rotatable bonds is 4. The quantitative estimate of drug-likeness (QED) is 0.841. The fourth-order valence-corrected chi connectivity index (χ4v) is 4.75. The summed E-state index contributed by atoms with van der Waals surface area (Å²) in [6.45, 7) is 4.30. The topological polar surface area (TPSA) is 41.1 Å². The lowest BCUT2D eigenvalue weighted by molar-refractivity contribution is -0.123. The number of hydrogen-bond donors (Lipinski definition) is 2. The average molecular weight is 373 g/mol. The lowest BCUT2D eigenvalue weighted by atomic mass is 9.84. The molecule has 2 unspecified atom stereocenters. The Morgan fingerprint density at radius 1 is 1.38 bits per heavy atom. The Kier molecular flexibility index (Phi) is 7.38. The molecule has 0 bridgehead atoms. The Bertz CT molecular complexity index is 566. The molecule has 2 atom stereocenters. The first-order valence-corrected chi connectivity index (χ1v) is 9.54. The van der Waals surface area contributed by atoms with E-state index in [1.54, 1.807) is 17.8 Å². The van der Waals surface area contributed by atoms with Crippen LogP contribution in [0.15, 0.2) is 23.1 Å². The van der Waals surface area contributed by atoms with Gasteiger partial charge in [-0.1, -0.05) is 6.92 Å². The number of thioether (sulfide) groups is 1. The molecule has 134 valence electrons. The second-order valence-corrected chi connectivity index (χ2v) is 7.84. The summed E-state index contributed by atoms with van der Waals surface area (Å²) in [7, 11) is 0. The van der Waals surface area contributed by atoms with Gasteiger partial charge in [-0.3, -0.25) is 4.79 Å². The predicted molar refractivity (Wildman–Crippen MR) is 99.2 cm³/mol. The largest absolute Gasteiger partial charge is 0.349 e. The molecule has 0 aliphatic carbocycles. The summed E-state index contributed by atoms with van der Waals surface area (Å²) in [4.78, 5) is 13.5. The van der Waals surface area contributed by atoms with E-state index in [-0.39, 0.29) is 30.2 Å². The summed E-state index contributed by atoms with van der Waals surface area (Å²) >= 11 is 1.74. The van der Waals surface area contributed by atoms with E-state index in [9.17, 15) is 9.18 Å². The maximum absolute atomic E-state index is 13.5. The Morgan fingerprint density at radius 2 is 2.12 bits per heavy atom. The summed E-state index contributed by atoms with van der Waals surface area (Å²) in [5.41, 5.74) is 0.934. The van der Waals surface area contributed by atoms with Crippen molar-refractivity contribution in [3.8, 4) is 0 Å². The molecule has 2 N–H and O–H groups in total. The number of amides is 1. The fraction of sp³-hybridized carbons (Fsp3) is 0.611. The van der Waals surface area contributed by atoms with Crippen LogP contribution in [-0.2, 0) is 4.79 Å². The van der Waals surface area contributed by atoms with Gasteiger partial charge in [0.2, 0.25) is 5.91 Å². The van der Waals surface area contributed by atoms with Crippen molar-refractivity contribution in [3.05, 3.63) is 29.6 Å². The van der Waals surface area contributed by atoms with Gasteiger partial charge in [-0.05, 0) is 68.0 Å². The van der Waals surface area contributed by atoms with E-state index in [2.05, 4.69) is 17.6 Å². The van der Waals surface area contributed by atoms with Crippen LogP contribution in [0.25, 0.3) is 0 Å². The van der Waals surface area contributed by atoms with E-state index in [0.29, 0.717) is 18.3 Å². The Labute approximate surface area is 154 Å². The summed E-state index contributed by atoms with van der Waals surface area (Å²) in [6, 6.07) is 4.85. The summed E-state index contributed by atoms with van der Waals surface area (Å²) in [6.07, 6.45) is 3.75. The first-order chi connectivity index (χ1) is 11.1. The number of hydrogen-bond acceptors (Lipinski definition) is 3. The first kappa shape index (κ1) is 19.5. The molecule has 0 saturated carbocycles. The monoisotopic (exact) mass is 372 g/mol. The lowest BCUT2D eigenvalue weighted by Gasteiger charge is -2.29. The molecule has 2 heterocycles. The highest BCUT2D eigenvalue weighted by atomic mass is 35.5. The van der Waals surface area contributed by atoms with Crippen molar-refractivity contribution in [2.75, 3.05) is 18.8 Å². The maximum atomic E-state index is 13.5. The van der Waals surface area contributed by atoms with Gasteiger partial charge >= 0.3 is 0 Å². The van der Waals surface area contributed by atoms with E-state index in [4.69, 9.17) is 0 Å². The Morgan fingerprint density at radius 3 is 2.88 bits per heavy atom. The normalized spacial score (nSPS) is 22.2. The summed E-state index contributed by atoms with van der Waals surface area (Å²) < 4.78 is 13.5. The molecular formula is C18H26ClFN2OS. The van der Waals surface area contributed by atoms with E-state index in [1.165, 1.54) is 6.07 Å². The lowest BCUT2D eigenvalue weighted by Crippen LogP contribution is -2.35. The highest BCUT2D eigenvalue weighted by Gasteiger charge is 2.26. The number of nitrogens with one attached hydrogen (secondary N) is 2. The van der Waals surface area contributed by atoms with Crippen molar-refractivity contribution in [1.82, 2.24) is 10.6 Å². The van der Waals surface area contributed by atoms with Crippen LogP contribution in [0.4, 0.5) is 4.39 Å². The molecule has 1 fully saturated rings. The average Bonchev–Trinajstić information content (AvgIpc) is 2.56. The van der Waals surface area contributed by atoms with Crippen LogP contribution in [0.1, 0.15) is 44.2 Å². The third-order valence-corrected chi connectivity index (χ3v) is 6.17. The highest BCUT2D eigenvalue weighted by molar-refractivity contribution is 7.99. The molecule has 1 amide bonds. The Balaban J connectivity index is 0.00000208. The molecule has 6 heteroatoms. The van der Waals surface area contributed by atoms with Gasteiger partial charge in [0.15, 0.2) is 0 Å². The standard InChI is InChI=1S/C18H25FN2OS.ClH/c1-12(13-4-7-20-8-5-13)10-18(22)21-16-6-9-23-17-3-2-14(19)11-15(16)17;/h2-3,11-13,16,20H,4-10H2,1H3,(H,21,22);1H. The van der Waals surface area contributed by atoms with Gasteiger partial charge in [-0.15, -0.1) is 24.2 Å². The number of carbonyl (C=O) groups excluding carboxylic acids is 1. The van der Waals surface area contributed by atoms with Crippen LogP contribution in [-0.4, -0.2) is 24.7 Å². The molecule has 24 heavy (non-hydrogen) atoms. The van der Waals surface area contributed by atoms with Crippen LogP contribution in [0.2, 0.25) is 0 Å². The van der Waals surface area contributed by atoms with Crippen molar-refractivity contribution in [3.63, 3.8) is 0 Å². The summed E-state index contributed by atoms with van der Waals surface area (Å²) in [5, 5.41) is 6.50. The van der Waals surface area contributed by atoms with E-state index >= 15 is 0 Å². The van der Waals surface area contributed by atoms with Crippen molar-refractivity contribution in [2.45, 2.75) is 43.5 Å². The molecular weight excluding hydrogens is 347 g/mol. The number of carbonyl (C=O) groups is 1. The molecule has 0 radical (unpaired) electrons. The molecule has 1 aromatic rings. The smallest absolute Gasteiger partial charge is 0.220 e. The molecule has 3 rings (SSSR count). The molecule has 0 spiro atoms. The minimum atomic E-state index is -0.228. The van der Waals surface area contributed by atoms with Gasteiger partial charge in [0, 0.05) is 17.1 Å². The van der Waals surface area contributed by atoms with Crippen molar-refractivity contribution in [2.24, 2.45) is 11.8 Å². The Hall–Kier alpha value is -0.780.